The number of carbonyl (C=O) groups excluding carboxylic acids is 1. The number of rotatable bonds is 3. The smallest absolute Gasteiger partial charge is 0.274 e. The third-order valence-corrected chi connectivity index (χ3v) is 3.66. The number of nitrogens with two attached hydrogens (primary N) is 1. The quantitative estimate of drug-likeness (QED) is 0.645. The number of hydrogen-bond acceptors (Lipinski definition) is 5. The second-order valence-electron chi connectivity index (χ2n) is 4.52. The maximum atomic E-state index is 12.4. The largest absolute Gasteiger partial charge is 0.376 e. The van der Waals surface area contributed by atoms with Crippen molar-refractivity contribution >= 4 is 23.3 Å². The summed E-state index contributed by atoms with van der Waals surface area (Å²) in [5.41, 5.74) is 2.59. The van der Waals surface area contributed by atoms with E-state index in [1.54, 1.807) is 24.1 Å². The van der Waals surface area contributed by atoms with E-state index in [1.165, 1.54) is 0 Å². The Labute approximate surface area is 116 Å². The minimum atomic E-state index is -0.232. The zero-order valence-corrected chi connectivity index (χ0v) is 11.6. The van der Waals surface area contributed by atoms with Gasteiger partial charge in [-0.25, -0.2) is 10.8 Å². The molecule has 1 aromatic heterocycles. The molecule has 2 unspecified atom stereocenters. The van der Waals surface area contributed by atoms with Gasteiger partial charge >= 0.3 is 0 Å². The summed E-state index contributed by atoms with van der Waals surface area (Å²) >= 11 is 6.03. The highest BCUT2D eigenvalue weighted by Gasteiger charge is 2.32. The van der Waals surface area contributed by atoms with Crippen LogP contribution >= 0.6 is 11.6 Å². The Morgan fingerprint density at radius 2 is 2.37 bits per heavy atom. The summed E-state index contributed by atoms with van der Waals surface area (Å²) in [4.78, 5) is 18.2. The van der Waals surface area contributed by atoms with Crippen molar-refractivity contribution in [2.24, 2.45) is 5.84 Å². The van der Waals surface area contributed by atoms with Crippen LogP contribution in [0.3, 0.4) is 0 Å². The number of amides is 1. The third-order valence-electron chi connectivity index (χ3n) is 3.35. The Morgan fingerprint density at radius 1 is 1.63 bits per heavy atom. The highest BCUT2D eigenvalue weighted by molar-refractivity contribution is 6.33. The van der Waals surface area contributed by atoms with E-state index < -0.39 is 0 Å². The van der Waals surface area contributed by atoms with Crippen molar-refractivity contribution in [1.82, 2.24) is 9.88 Å². The lowest BCUT2D eigenvalue weighted by molar-refractivity contribution is 0.0570. The highest BCUT2D eigenvalue weighted by atomic mass is 35.5. The van der Waals surface area contributed by atoms with E-state index in [0.717, 1.165) is 6.42 Å². The van der Waals surface area contributed by atoms with Gasteiger partial charge in [-0.15, -0.1) is 0 Å². The van der Waals surface area contributed by atoms with Crippen LogP contribution in [0, 0.1) is 0 Å². The van der Waals surface area contributed by atoms with Gasteiger partial charge in [0.15, 0.2) is 0 Å². The van der Waals surface area contributed by atoms with E-state index in [0.29, 0.717) is 17.4 Å². The van der Waals surface area contributed by atoms with Crippen LogP contribution in [0.5, 0.6) is 0 Å². The number of pyridine rings is 1. The predicted molar refractivity (Wildman–Crippen MR) is 73.0 cm³/mol. The van der Waals surface area contributed by atoms with Crippen LogP contribution in [0.2, 0.25) is 5.02 Å². The lowest BCUT2D eigenvalue weighted by atomic mass is 10.1. The molecule has 7 heteroatoms. The van der Waals surface area contributed by atoms with Gasteiger partial charge in [-0.05, 0) is 25.5 Å². The molecule has 19 heavy (non-hydrogen) atoms. The molecule has 0 aromatic carbocycles. The molecule has 0 bridgehead atoms. The maximum absolute atomic E-state index is 12.4. The SMILES string of the molecule is CC1OCCC1N(C)C(=O)c1nc(NN)ccc1Cl. The molecule has 1 aliphatic heterocycles. The standard InChI is InChI=1S/C12H17ClN4O2/c1-7-9(5-6-19-7)17(2)12(18)11-8(13)3-4-10(15-11)16-14/h3-4,7,9H,5-6,14H2,1-2H3,(H,15,16). The number of carbonyl (C=O) groups is 1. The number of hydrogen-bond donors (Lipinski definition) is 2. The molecule has 3 N–H and O–H groups in total. The molecule has 2 atom stereocenters. The number of likely N-dealkylation sites (N-methyl/N-ethyl adjacent to an activating group) is 1. The average molecular weight is 285 g/mol. The molecule has 2 heterocycles. The van der Waals surface area contributed by atoms with Gasteiger partial charge in [0.1, 0.15) is 11.5 Å². The fraction of sp³-hybridized carbons (Fsp3) is 0.500. The van der Waals surface area contributed by atoms with Gasteiger partial charge < -0.3 is 15.1 Å². The number of nitrogens with zero attached hydrogens (tertiary/aromatic N) is 2. The van der Waals surface area contributed by atoms with Gasteiger partial charge in [-0.2, -0.15) is 0 Å². The van der Waals surface area contributed by atoms with Crippen LogP contribution in [0.25, 0.3) is 0 Å². The maximum Gasteiger partial charge on any atom is 0.274 e. The predicted octanol–water partition coefficient (Wildman–Crippen LogP) is 1.27. The Bertz CT molecular complexity index is 483. The number of aromatic nitrogens is 1. The zero-order chi connectivity index (χ0) is 14.0. The van der Waals surface area contributed by atoms with E-state index in [9.17, 15) is 4.79 Å². The molecule has 2 rings (SSSR count). The summed E-state index contributed by atoms with van der Waals surface area (Å²) in [5, 5.41) is 0.308. The van der Waals surface area contributed by atoms with Crippen molar-refractivity contribution in [2.75, 3.05) is 19.1 Å². The third kappa shape index (κ3) is 2.80. The molecule has 1 aromatic rings. The van der Waals surface area contributed by atoms with Crippen LogP contribution in [-0.2, 0) is 4.74 Å². The molecule has 6 nitrogen and oxygen atoms in total. The first-order valence-electron chi connectivity index (χ1n) is 6.06. The number of nitrogens with one attached hydrogen (secondary N) is 1. The summed E-state index contributed by atoms with van der Waals surface area (Å²) in [5.74, 6) is 5.46. The Balaban J connectivity index is 2.23. The van der Waals surface area contributed by atoms with E-state index >= 15 is 0 Å². The molecule has 0 radical (unpaired) electrons. The summed E-state index contributed by atoms with van der Waals surface area (Å²) < 4.78 is 5.47. The minimum Gasteiger partial charge on any atom is -0.376 e. The molecule has 104 valence electrons. The monoisotopic (exact) mass is 284 g/mol. The first-order chi connectivity index (χ1) is 9.04. The summed E-state index contributed by atoms with van der Waals surface area (Å²) in [6.07, 6.45) is 0.833. The molecular formula is C12H17ClN4O2. The number of halogens is 1. The molecule has 1 aliphatic rings. The number of hydrazine groups is 1. The van der Waals surface area contributed by atoms with Crippen LogP contribution in [0.15, 0.2) is 12.1 Å². The zero-order valence-electron chi connectivity index (χ0n) is 10.9. The highest BCUT2D eigenvalue weighted by Crippen LogP contribution is 2.23. The van der Waals surface area contributed by atoms with Crippen molar-refractivity contribution < 1.29 is 9.53 Å². The van der Waals surface area contributed by atoms with E-state index in [1.807, 2.05) is 6.92 Å². The van der Waals surface area contributed by atoms with Gasteiger partial charge in [-0.1, -0.05) is 11.6 Å². The fourth-order valence-electron chi connectivity index (χ4n) is 2.22. The lowest BCUT2D eigenvalue weighted by Gasteiger charge is -2.26. The van der Waals surface area contributed by atoms with Crippen LogP contribution in [0.1, 0.15) is 23.8 Å². The second kappa shape index (κ2) is 5.73. The van der Waals surface area contributed by atoms with Gasteiger partial charge in [0.25, 0.3) is 5.91 Å². The molecule has 1 amide bonds. The van der Waals surface area contributed by atoms with Gasteiger partial charge in [-0.3, -0.25) is 4.79 Å². The van der Waals surface area contributed by atoms with Crippen molar-refractivity contribution in [2.45, 2.75) is 25.5 Å². The summed E-state index contributed by atoms with van der Waals surface area (Å²) in [7, 11) is 1.73. The lowest BCUT2D eigenvalue weighted by Crippen LogP contribution is -2.41. The van der Waals surface area contributed by atoms with E-state index in [4.69, 9.17) is 22.2 Å². The Morgan fingerprint density at radius 3 is 2.95 bits per heavy atom. The van der Waals surface area contributed by atoms with Crippen molar-refractivity contribution in [3.8, 4) is 0 Å². The van der Waals surface area contributed by atoms with Crippen molar-refractivity contribution in [3.05, 3.63) is 22.8 Å². The van der Waals surface area contributed by atoms with Gasteiger partial charge in [0, 0.05) is 13.7 Å². The van der Waals surface area contributed by atoms with E-state index in [-0.39, 0.29) is 23.7 Å². The Kier molecular flexibility index (Phi) is 4.24. The molecule has 0 saturated carbocycles. The number of nitrogen functional groups attached to an aromatic ring is 1. The van der Waals surface area contributed by atoms with Gasteiger partial charge in [0.2, 0.25) is 0 Å². The van der Waals surface area contributed by atoms with Crippen molar-refractivity contribution in [3.63, 3.8) is 0 Å². The van der Waals surface area contributed by atoms with Crippen LogP contribution in [0.4, 0.5) is 5.82 Å². The summed E-state index contributed by atoms with van der Waals surface area (Å²) in [6.45, 7) is 2.61. The van der Waals surface area contributed by atoms with Crippen molar-refractivity contribution in [1.29, 1.82) is 0 Å². The van der Waals surface area contributed by atoms with Crippen LogP contribution < -0.4 is 11.3 Å². The molecule has 1 saturated heterocycles. The average Bonchev–Trinajstić information content (AvgIpc) is 2.84. The fourth-order valence-corrected chi connectivity index (χ4v) is 2.41. The second-order valence-corrected chi connectivity index (χ2v) is 4.93. The van der Waals surface area contributed by atoms with Gasteiger partial charge in [0.05, 0.1) is 17.2 Å². The molecule has 1 fully saturated rings. The Hall–Kier alpha value is -1.37. The molecule has 0 aliphatic carbocycles. The number of ether oxygens (including phenoxy) is 1. The topological polar surface area (TPSA) is 80.5 Å². The number of anilines is 1. The van der Waals surface area contributed by atoms with Crippen LogP contribution in [-0.4, -0.2) is 41.6 Å². The normalized spacial score (nSPS) is 22.3. The minimum absolute atomic E-state index is 0.0172. The first-order valence-corrected chi connectivity index (χ1v) is 6.44. The first kappa shape index (κ1) is 14.0. The summed E-state index contributed by atoms with van der Waals surface area (Å²) in [6, 6.07) is 3.25. The van der Waals surface area contributed by atoms with E-state index in [2.05, 4.69) is 10.4 Å². The molecular weight excluding hydrogens is 268 g/mol. The molecule has 0 spiro atoms.